The number of carbonyl (C=O) groups excluding carboxylic acids is 1. The number of nitro benzene ring substituents is 1. The molecule has 1 N–H and O–H groups in total. The predicted octanol–water partition coefficient (Wildman–Crippen LogP) is 4.01. The van der Waals surface area contributed by atoms with Gasteiger partial charge in [0.15, 0.2) is 0 Å². The summed E-state index contributed by atoms with van der Waals surface area (Å²) in [6.07, 6.45) is 1.54. The molecular formula is C18H19ClN2O4. The zero-order valence-corrected chi connectivity index (χ0v) is 14.6. The van der Waals surface area contributed by atoms with Gasteiger partial charge >= 0.3 is 0 Å². The molecule has 0 aliphatic heterocycles. The molecule has 1 amide bonds. The Morgan fingerprint density at radius 3 is 2.60 bits per heavy atom. The molecule has 0 aliphatic rings. The highest BCUT2D eigenvalue weighted by Crippen LogP contribution is 2.22. The van der Waals surface area contributed by atoms with Crippen LogP contribution in [-0.2, 0) is 6.42 Å². The molecule has 0 spiro atoms. The van der Waals surface area contributed by atoms with E-state index in [9.17, 15) is 14.9 Å². The normalized spacial score (nSPS) is 10.3. The van der Waals surface area contributed by atoms with E-state index >= 15 is 0 Å². The van der Waals surface area contributed by atoms with Crippen LogP contribution < -0.4 is 10.1 Å². The number of carbonyl (C=O) groups is 1. The minimum atomic E-state index is -0.557. The Morgan fingerprint density at radius 1 is 1.24 bits per heavy atom. The summed E-state index contributed by atoms with van der Waals surface area (Å²) in [5.41, 5.74) is 1.09. The Kier molecular flexibility index (Phi) is 6.77. The third-order valence-electron chi connectivity index (χ3n) is 3.57. The Balaban J connectivity index is 1.84. The zero-order chi connectivity index (χ0) is 18.2. The number of nitrogens with zero attached hydrogens (tertiary/aromatic N) is 1. The number of hydrogen-bond donors (Lipinski definition) is 1. The highest BCUT2D eigenvalue weighted by molar-refractivity contribution is 6.33. The average Bonchev–Trinajstić information content (AvgIpc) is 2.60. The molecule has 0 unspecified atom stereocenters. The number of nitrogens with one attached hydrogen (secondary N) is 1. The van der Waals surface area contributed by atoms with Crippen LogP contribution >= 0.6 is 11.6 Å². The Labute approximate surface area is 150 Å². The van der Waals surface area contributed by atoms with E-state index in [2.05, 4.69) is 5.32 Å². The maximum atomic E-state index is 12.1. The van der Waals surface area contributed by atoms with Gasteiger partial charge in [-0.2, -0.15) is 0 Å². The first-order valence-corrected chi connectivity index (χ1v) is 8.33. The minimum Gasteiger partial charge on any atom is -0.494 e. The highest BCUT2D eigenvalue weighted by Gasteiger charge is 2.15. The van der Waals surface area contributed by atoms with Crippen LogP contribution in [0, 0.1) is 10.1 Å². The van der Waals surface area contributed by atoms with Crippen molar-refractivity contribution in [3.63, 3.8) is 0 Å². The number of benzene rings is 2. The van der Waals surface area contributed by atoms with Gasteiger partial charge in [-0.1, -0.05) is 23.7 Å². The summed E-state index contributed by atoms with van der Waals surface area (Å²) in [5.74, 6) is 0.417. The maximum absolute atomic E-state index is 12.1. The molecule has 2 aromatic carbocycles. The van der Waals surface area contributed by atoms with E-state index in [0.717, 1.165) is 24.2 Å². The van der Waals surface area contributed by atoms with Gasteiger partial charge in [0, 0.05) is 18.7 Å². The Morgan fingerprint density at radius 2 is 1.96 bits per heavy atom. The van der Waals surface area contributed by atoms with Crippen LogP contribution in [0.2, 0.25) is 5.02 Å². The number of rotatable bonds is 8. The van der Waals surface area contributed by atoms with Crippen molar-refractivity contribution in [1.29, 1.82) is 0 Å². The number of hydrogen-bond acceptors (Lipinski definition) is 4. The molecule has 0 atom stereocenters. The smallest absolute Gasteiger partial charge is 0.270 e. The van der Waals surface area contributed by atoms with Gasteiger partial charge < -0.3 is 10.1 Å². The number of halogens is 1. The molecule has 25 heavy (non-hydrogen) atoms. The molecule has 0 aromatic heterocycles. The third kappa shape index (κ3) is 5.46. The topological polar surface area (TPSA) is 81.5 Å². The summed E-state index contributed by atoms with van der Waals surface area (Å²) in [6, 6.07) is 11.6. The van der Waals surface area contributed by atoms with E-state index in [1.54, 1.807) is 0 Å². The van der Waals surface area contributed by atoms with Gasteiger partial charge in [0.25, 0.3) is 11.6 Å². The molecule has 0 saturated carbocycles. The molecular weight excluding hydrogens is 344 g/mol. The van der Waals surface area contributed by atoms with Crippen molar-refractivity contribution in [3.05, 3.63) is 68.7 Å². The van der Waals surface area contributed by atoms with Crippen molar-refractivity contribution < 1.29 is 14.5 Å². The summed E-state index contributed by atoms with van der Waals surface area (Å²) in [4.78, 5) is 22.4. The maximum Gasteiger partial charge on any atom is 0.270 e. The van der Waals surface area contributed by atoms with E-state index < -0.39 is 10.8 Å². The Hall–Kier alpha value is -2.60. The molecule has 0 aliphatic carbocycles. The van der Waals surface area contributed by atoms with Crippen LogP contribution in [0.4, 0.5) is 5.69 Å². The number of ether oxygens (including phenoxy) is 1. The van der Waals surface area contributed by atoms with Crippen molar-refractivity contribution in [1.82, 2.24) is 5.32 Å². The van der Waals surface area contributed by atoms with Gasteiger partial charge in [-0.25, -0.2) is 0 Å². The van der Waals surface area contributed by atoms with Crippen molar-refractivity contribution in [3.8, 4) is 5.75 Å². The number of amides is 1. The summed E-state index contributed by atoms with van der Waals surface area (Å²) in [7, 11) is 0. The minimum absolute atomic E-state index is 0.108. The summed E-state index contributed by atoms with van der Waals surface area (Å²) in [6.45, 7) is 3.01. The standard InChI is InChI=1S/C18H19ClN2O4/c1-2-25-15-8-5-13(6-9-15)4-3-11-20-18(22)16-12-14(21(23)24)7-10-17(16)19/h5-10,12H,2-4,11H2,1H3,(H,20,22). The average molecular weight is 363 g/mol. The highest BCUT2D eigenvalue weighted by atomic mass is 35.5. The third-order valence-corrected chi connectivity index (χ3v) is 3.90. The van der Waals surface area contributed by atoms with Gasteiger partial charge in [-0.15, -0.1) is 0 Å². The quantitative estimate of drug-likeness (QED) is 0.437. The van der Waals surface area contributed by atoms with Gasteiger partial charge in [-0.3, -0.25) is 14.9 Å². The summed E-state index contributed by atoms with van der Waals surface area (Å²) < 4.78 is 5.39. The SMILES string of the molecule is CCOc1ccc(CCCNC(=O)c2cc([N+](=O)[O-])ccc2Cl)cc1. The predicted molar refractivity (Wildman–Crippen MR) is 96.4 cm³/mol. The van der Waals surface area contributed by atoms with Gasteiger partial charge in [-0.05, 0) is 43.5 Å². The molecule has 6 nitrogen and oxygen atoms in total. The van der Waals surface area contributed by atoms with E-state index in [0.29, 0.717) is 13.2 Å². The fourth-order valence-corrected chi connectivity index (χ4v) is 2.51. The number of non-ortho nitro benzene ring substituents is 1. The van der Waals surface area contributed by atoms with E-state index in [1.165, 1.54) is 18.2 Å². The molecule has 0 saturated heterocycles. The summed E-state index contributed by atoms with van der Waals surface area (Å²) in [5, 5.41) is 13.7. The zero-order valence-electron chi connectivity index (χ0n) is 13.8. The number of nitro groups is 1. The first kappa shape index (κ1) is 18.7. The van der Waals surface area contributed by atoms with Crippen LogP contribution in [0.15, 0.2) is 42.5 Å². The van der Waals surface area contributed by atoms with Gasteiger partial charge in [0.1, 0.15) is 5.75 Å². The molecule has 7 heteroatoms. The lowest BCUT2D eigenvalue weighted by Gasteiger charge is -2.08. The second-order valence-corrected chi connectivity index (χ2v) is 5.76. The fourth-order valence-electron chi connectivity index (χ4n) is 2.31. The largest absolute Gasteiger partial charge is 0.494 e. The molecule has 0 bridgehead atoms. The van der Waals surface area contributed by atoms with Crippen LogP contribution in [0.5, 0.6) is 5.75 Å². The molecule has 132 valence electrons. The van der Waals surface area contributed by atoms with Crippen LogP contribution in [0.25, 0.3) is 0 Å². The summed E-state index contributed by atoms with van der Waals surface area (Å²) >= 11 is 5.95. The van der Waals surface area contributed by atoms with Crippen LogP contribution in [-0.4, -0.2) is 24.0 Å². The van der Waals surface area contributed by atoms with Crippen molar-refractivity contribution in [2.75, 3.05) is 13.2 Å². The molecule has 2 aromatic rings. The van der Waals surface area contributed by atoms with Crippen molar-refractivity contribution in [2.24, 2.45) is 0 Å². The fraction of sp³-hybridized carbons (Fsp3) is 0.278. The monoisotopic (exact) mass is 362 g/mol. The molecule has 0 radical (unpaired) electrons. The van der Waals surface area contributed by atoms with Crippen molar-refractivity contribution in [2.45, 2.75) is 19.8 Å². The van der Waals surface area contributed by atoms with Crippen LogP contribution in [0.1, 0.15) is 29.3 Å². The van der Waals surface area contributed by atoms with Crippen molar-refractivity contribution >= 4 is 23.2 Å². The van der Waals surface area contributed by atoms with E-state index in [-0.39, 0.29) is 16.3 Å². The lowest BCUT2D eigenvalue weighted by atomic mass is 10.1. The molecule has 2 rings (SSSR count). The molecule has 0 fully saturated rings. The van der Waals surface area contributed by atoms with E-state index in [4.69, 9.17) is 16.3 Å². The first-order chi connectivity index (χ1) is 12.0. The van der Waals surface area contributed by atoms with Gasteiger partial charge in [0.2, 0.25) is 0 Å². The second-order valence-electron chi connectivity index (χ2n) is 5.36. The first-order valence-electron chi connectivity index (χ1n) is 7.95. The second kappa shape index (κ2) is 9.03. The van der Waals surface area contributed by atoms with Crippen LogP contribution in [0.3, 0.4) is 0 Å². The van der Waals surface area contributed by atoms with E-state index in [1.807, 2.05) is 31.2 Å². The Bertz CT molecular complexity index is 747. The lowest BCUT2D eigenvalue weighted by molar-refractivity contribution is -0.384. The molecule has 0 heterocycles. The lowest BCUT2D eigenvalue weighted by Crippen LogP contribution is -2.25. The van der Waals surface area contributed by atoms with Gasteiger partial charge in [0.05, 0.1) is 22.1 Å². The number of aryl methyl sites for hydroxylation is 1.